The molecule has 0 amide bonds. The van der Waals surface area contributed by atoms with Crippen molar-refractivity contribution in [1.82, 2.24) is 19.6 Å². The standard InChI is InChI=1S/C31H24N4O3/c1-19-7-12-23(13-8-19)37-17-26-33-30-28-27(21-9-14-22(36-2)15-10-21)25-16-11-20-5-3-4-6-24(20)29(25)38-31(28)32-18-35(30)34-26/h3-16,18,27H,17H2,1-2H3/t27-/m0/s1. The monoisotopic (exact) mass is 500 g/mol. The van der Waals surface area contributed by atoms with Crippen molar-refractivity contribution in [3.8, 4) is 23.1 Å². The summed E-state index contributed by atoms with van der Waals surface area (Å²) in [5.41, 5.74) is 4.88. The van der Waals surface area contributed by atoms with Gasteiger partial charge in [-0.25, -0.2) is 14.5 Å². The minimum Gasteiger partial charge on any atom is -0.497 e. The van der Waals surface area contributed by atoms with E-state index >= 15 is 0 Å². The molecule has 0 fully saturated rings. The number of ether oxygens (including phenoxy) is 3. The SMILES string of the molecule is COc1ccc([C@H]2c3ccc4ccccc4c3Oc3ncn4nc(COc5ccc(C)cc5)nc4c32)cc1. The van der Waals surface area contributed by atoms with Gasteiger partial charge in [0.25, 0.3) is 0 Å². The molecule has 6 aromatic rings. The van der Waals surface area contributed by atoms with Crippen LogP contribution < -0.4 is 14.2 Å². The van der Waals surface area contributed by atoms with Crippen LogP contribution in [0.2, 0.25) is 0 Å². The fraction of sp³-hybridized carbons (Fsp3) is 0.129. The Labute approximate surface area is 219 Å². The maximum Gasteiger partial charge on any atom is 0.228 e. The summed E-state index contributed by atoms with van der Waals surface area (Å²) >= 11 is 0. The van der Waals surface area contributed by atoms with Crippen LogP contribution in [0.5, 0.6) is 23.1 Å². The maximum absolute atomic E-state index is 6.50. The molecule has 1 atom stereocenters. The van der Waals surface area contributed by atoms with E-state index in [0.29, 0.717) is 17.4 Å². The molecule has 0 radical (unpaired) electrons. The number of rotatable bonds is 5. The molecule has 0 bridgehead atoms. The van der Waals surface area contributed by atoms with Crippen LogP contribution in [0.1, 0.15) is 34.0 Å². The Kier molecular flexibility index (Phi) is 5.21. The van der Waals surface area contributed by atoms with Crippen LogP contribution in [-0.4, -0.2) is 26.7 Å². The number of aromatic nitrogens is 4. The first-order valence-electron chi connectivity index (χ1n) is 12.4. The van der Waals surface area contributed by atoms with Gasteiger partial charge >= 0.3 is 0 Å². The Morgan fingerprint density at radius 3 is 2.50 bits per heavy atom. The molecule has 0 saturated carbocycles. The lowest BCUT2D eigenvalue weighted by Gasteiger charge is -2.28. The van der Waals surface area contributed by atoms with Gasteiger partial charge in [0.15, 0.2) is 11.5 Å². The van der Waals surface area contributed by atoms with Crippen molar-refractivity contribution in [2.75, 3.05) is 7.11 Å². The average molecular weight is 501 g/mol. The van der Waals surface area contributed by atoms with Gasteiger partial charge in [-0.1, -0.05) is 66.2 Å². The first kappa shape index (κ1) is 22.3. The fourth-order valence-electron chi connectivity index (χ4n) is 5.08. The molecule has 0 saturated heterocycles. The van der Waals surface area contributed by atoms with Crippen LogP contribution in [0, 0.1) is 6.92 Å². The molecule has 1 aliphatic heterocycles. The predicted molar refractivity (Wildman–Crippen MR) is 144 cm³/mol. The van der Waals surface area contributed by atoms with Crippen molar-refractivity contribution in [2.24, 2.45) is 0 Å². The number of aryl methyl sites for hydroxylation is 1. The Bertz CT molecular complexity index is 1790. The van der Waals surface area contributed by atoms with Crippen LogP contribution in [0.15, 0.2) is 91.3 Å². The topological polar surface area (TPSA) is 70.8 Å². The van der Waals surface area contributed by atoms with Crippen molar-refractivity contribution in [1.29, 1.82) is 0 Å². The molecule has 0 N–H and O–H groups in total. The largest absolute Gasteiger partial charge is 0.497 e. The number of fused-ring (bicyclic) bond motifs is 6. The maximum atomic E-state index is 6.50. The molecule has 3 heterocycles. The number of methoxy groups -OCH3 is 1. The zero-order valence-corrected chi connectivity index (χ0v) is 21.0. The first-order valence-corrected chi connectivity index (χ1v) is 12.4. The second-order valence-electron chi connectivity index (χ2n) is 9.37. The lowest BCUT2D eigenvalue weighted by Crippen LogP contribution is -2.15. The summed E-state index contributed by atoms with van der Waals surface area (Å²) in [4.78, 5) is 9.56. The van der Waals surface area contributed by atoms with Gasteiger partial charge in [-0.05, 0) is 42.1 Å². The number of benzene rings is 4. The van der Waals surface area contributed by atoms with Crippen molar-refractivity contribution in [3.63, 3.8) is 0 Å². The summed E-state index contributed by atoms with van der Waals surface area (Å²) in [5, 5.41) is 6.82. The molecule has 186 valence electrons. The average Bonchev–Trinajstić information content (AvgIpc) is 3.39. The zero-order chi connectivity index (χ0) is 25.6. The van der Waals surface area contributed by atoms with Crippen LogP contribution in [0.3, 0.4) is 0 Å². The molecule has 4 aromatic carbocycles. The lowest BCUT2D eigenvalue weighted by molar-refractivity contribution is 0.296. The fourth-order valence-corrected chi connectivity index (χ4v) is 5.08. The molecule has 38 heavy (non-hydrogen) atoms. The predicted octanol–water partition coefficient (Wildman–Crippen LogP) is 6.46. The minimum absolute atomic E-state index is 0.157. The van der Waals surface area contributed by atoms with Gasteiger partial charge in [0.1, 0.15) is 30.2 Å². The van der Waals surface area contributed by atoms with Gasteiger partial charge in [-0.15, -0.1) is 5.10 Å². The van der Waals surface area contributed by atoms with Crippen molar-refractivity contribution in [2.45, 2.75) is 19.4 Å². The van der Waals surface area contributed by atoms with Crippen LogP contribution in [-0.2, 0) is 6.61 Å². The number of nitrogens with zero attached hydrogens (tertiary/aromatic N) is 4. The summed E-state index contributed by atoms with van der Waals surface area (Å²) in [6.45, 7) is 2.29. The van der Waals surface area contributed by atoms with E-state index in [1.54, 1.807) is 18.0 Å². The molecular formula is C31H24N4O3. The van der Waals surface area contributed by atoms with E-state index in [0.717, 1.165) is 44.7 Å². The zero-order valence-electron chi connectivity index (χ0n) is 21.0. The molecule has 7 nitrogen and oxygen atoms in total. The highest BCUT2D eigenvalue weighted by atomic mass is 16.5. The summed E-state index contributed by atoms with van der Waals surface area (Å²) in [6.07, 6.45) is 1.65. The minimum atomic E-state index is -0.157. The number of hydrogen-bond acceptors (Lipinski definition) is 6. The molecule has 0 unspecified atom stereocenters. The van der Waals surface area contributed by atoms with E-state index in [1.165, 1.54) is 5.56 Å². The molecular weight excluding hydrogens is 476 g/mol. The van der Waals surface area contributed by atoms with Crippen molar-refractivity contribution in [3.05, 3.63) is 119 Å². The van der Waals surface area contributed by atoms with Gasteiger partial charge in [-0.2, -0.15) is 0 Å². The normalized spacial score (nSPS) is 14.1. The third kappa shape index (κ3) is 3.71. The Balaban J connectivity index is 1.37. The summed E-state index contributed by atoms with van der Waals surface area (Å²) < 4.78 is 19.6. The van der Waals surface area contributed by atoms with Crippen LogP contribution >= 0.6 is 0 Å². The van der Waals surface area contributed by atoms with E-state index < -0.39 is 0 Å². The first-order chi connectivity index (χ1) is 18.7. The van der Waals surface area contributed by atoms with Gasteiger partial charge in [-0.3, -0.25) is 0 Å². The second-order valence-corrected chi connectivity index (χ2v) is 9.37. The third-order valence-electron chi connectivity index (χ3n) is 6.98. The van der Waals surface area contributed by atoms with Crippen molar-refractivity contribution < 1.29 is 14.2 Å². The Morgan fingerprint density at radius 1 is 0.895 bits per heavy atom. The molecule has 7 rings (SSSR count). The summed E-state index contributed by atoms with van der Waals surface area (Å²) in [6, 6.07) is 28.6. The molecule has 2 aromatic heterocycles. The lowest BCUT2D eigenvalue weighted by atomic mass is 9.83. The van der Waals surface area contributed by atoms with E-state index in [2.05, 4.69) is 46.5 Å². The Hall–Kier alpha value is -4.91. The molecule has 7 heteroatoms. The van der Waals surface area contributed by atoms with E-state index in [4.69, 9.17) is 19.2 Å². The Morgan fingerprint density at radius 2 is 1.68 bits per heavy atom. The third-order valence-corrected chi connectivity index (χ3v) is 6.98. The van der Waals surface area contributed by atoms with Crippen LogP contribution in [0.25, 0.3) is 16.4 Å². The highest BCUT2D eigenvalue weighted by molar-refractivity contribution is 5.91. The molecule has 1 aliphatic rings. The summed E-state index contributed by atoms with van der Waals surface area (Å²) in [5.74, 6) is 3.33. The van der Waals surface area contributed by atoms with E-state index in [1.807, 2.05) is 55.5 Å². The van der Waals surface area contributed by atoms with Gasteiger partial charge in [0.05, 0.1) is 12.7 Å². The van der Waals surface area contributed by atoms with E-state index in [-0.39, 0.29) is 12.5 Å². The summed E-state index contributed by atoms with van der Waals surface area (Å²) in [7, 11) is 1.67. The van der Waals surface area contributed by atoms with E-state index in [9.17, 15) is 0 Å². The smallest absolute Gasteiger partial charge is 0.228 e. The number of hydrogen-bond donors (Lipinski definition) is 0. The van der Waals surface area contributed by atoms with Crippen LogP contribution in [0.4, 0.5) is 0 Å². The highest BCUT2D eigenvalue weighted by Crippen LogP contribution is 2.50. The molecule has 0 aliphatic carbocycles. The second kappa shape index (κ2) is 8.88. The van der Waals surface area contributed by atoms with Gasteiger partial charge in [0, 0.05) is 16.9 Å². The van der Waals surface area contributed by atoms with Crippen molar-refractivity contribution >= 4 is 16.4 Å². The van der Waals surface area contributed by atoms with Gasteiger partial charge in [0.2, 0.25) is 5.88 Å². The van der Waals surface area contributed by atoms with Gasteiger partial charge < -0.3 is 14.2 Å². The molecule has 0 spiro atoms. The highest BCUT2D eigenvalue weighted by Gasteiger charge is 2.34. The quantitative estimate of drug-likeness (QED) is 0.270.